The van der Waals surface area contributed by atoms with Crippen molar-refractivity contribution in [2.45, 2.75) is 25.8 Å². The van der Waals surface area contributed by atoms with Crippen LogP contribution in [0.3, 0.4) is 0 Å². The average Bonchev–Trinajstić information content (AvgIpc) is 3.18. The summed E-state index contributed by atoms with van der Waals surface area (Å²) in [5.74, 6) is -1.11. The number of likely N-dealkylation sites (N-methyl/N-ethyl adjacent to an activating group) is 1. The Kier molecular flexibility index (Phi) is 7.18. The second-order valence-corrected chi connectivity index (χ2v) is 7.63. The number of carbonyl (C=O) groups excluding carboxylic acids is 2. The number of amides is 2. The molecule has 0 unspecified atom stereocenters. The molecule has 31 heavy (non-hydrogen) atoms. The molecular formula is C24H27FN4O2. The monoisotopic (exact) mass is 422 g/mol. The number of aromatic nitrogens is 2. The van der Waals surface area contributed by atoms with E-state index in [0.717, 1.165) is 11.6 Å². The van der Waals surface area contributed by atoms with Crippen molar-refractivity contribution in [3.05, 3.63) is 89.3 Å². The molecule has 0 aliphatic rings. The van der Waals surface area contributed by atoms with Crippen LogP contribution in [0.2, 0.25) is 0 Å². The molecule has 2 amide bonds. The number of rotatable bonds is 8. The van der Waals surface area contributed by atoms with Crippen LogP contribution >= 0.6 is 0 Å². The Morgan fingerprint density at radius 1 is 1.16 bits per heavy atom. The minimum atomic E-state index is -0.675. The van der Waals surface area contributed by atoms with Crippen LogP contribution in [-0.4, -0.2) is 45.9 Å². The minimum Gasteiger partial charge on any atom is -0.351 e. The predicted octanol–water partition coefficient (Wildman–Crippen LogP) is 3.37. The van der Waals surface area contributed by atoms with Crippen LogP contribution in [0.25, 0.3) is 0 Å². The van der Waals surface area contributed by atoms with E-state index in [1.54, 1.807) is 35.6 Å². The van der Waals surface area contributed by atoms with Gasteiger partial charge in [0, 0.05) is 50.2 Å². The number of nitrogens with zero attached hydrogens (tertiary/aromatic N) is 3. The van der Waals surface area contributed by atoms with Crippen molar-refractivity contribution in [1.29, 1.82) is 0 Å². The maximum absolute atomic E-state index is 13.7. The van der Waals surface area contributed by atoms with Gasteiger partial charge in [0.1, 0.15) is 5.69 Å². The summed E-state index contributed by atoms with van der Waals surface area (Å²) in [5, 5.41) is 2.93. The topological polar surface area (TPSA) is 67.2 Å². The molecular weight excluding hydrogens is 395 g/mol. The zero-order valence-electron chi connectivity index (χ0n) is 18.0. The lowest BCUT2D eigenvalue weighted by Crippen LogP contribution is -2.41. The van der Waals surface area contributed by atoms with Crippen LogP contribution in [0.1, 0.15) is 38.5 Å². The number of hydrogen-bond donors (Lipinski definition) is 1. The van der Waals surface area contributed by atoms with Gasteiger partial charge in [-0.1, -0.05) is 30.3 Å². The number of carbonyl (C=O) groups is 2. The van der Waals surface area contributed by atoms with Crippen molar-refractivity contribution < 1.29 is 14.0 Å². The normalized spacial score (nSPS) is 11.7. The van der Waals surface area contributed by atoms with Gasteiger partial charge < -0.3 is 14.8 Å². The summed E-state index contributed by atoms with van der Waals surface area (Å²) in [6, 6.07) is 16.0. The van der Waals surface area contributed by atoms with E-state index in [1.165, 1.54) is 0 Å². The number of pyridine rings is 1. The van der Waals surface area contributed by atoms with Crippen LogP contribution in [-0.2, 0) is 13.5 Å². The highest BCUT2D eigenvalue weighted by atomic mass is 19.1. The van der Waals surface area contributed by atoms with Crippen molar-refractivity contribution in [3.63, 3.8) is 0 Å². The maximum atomic E-state index is 13.7. The van der Waals surface area contributed by atoms with Gasteiger partial charge >= 0.3 is 0 Å². The number of halogens is 1. The standard InChI is InChI=1S/C24H27FN4O2/c1-17-14-19(16-22(25)27-17)24(31)29(3)20(15-18-8-5-4-6-9-18)11-12-26-23(30)21-10-7-13-28(21)2/h4-10,13-14,16,20H,11-12,15H2,1-3H3,(H,26,30)/t20-/m1/s1. The third-order valence-corrected chi connectivity index (χ3v) is 5.29. The molecule has 162 valence electrons. The summed E-state index contributed by atoms with van der Waals surface area (Å²) in [6.07, 6.45) is 2.99. The number of aryl methyl sites for hydroxylation is 2. The molecule has 0 saturated carbocycles. The van der Waals surface area contributed by atoms with Gasteiger partial charge in [0.05, 0.1) is 0 Å². The Morgan fingerprint density at radius 2 is 1.90 bits per heavy atom. The first kappa shape index (κ1) is 22.2. The summed E-state index contributed by atoms with van der Waals surface area (Å²) in [6.45, 7) is 2.06. The summed E-state index contributed by atoms with van der Waals surface area (Å²) in [7, 11) is 3.53. The molecule has 3 aromatic rings. The lowest BCUT2D eigenvalue weighted by molar-refractivity contribution is 0.0722. The molecule has 0 saturated heterocycles. The molecule has 0 aliphatic heterocycles. The fourth-order valence-corrected chi connectivity index (χ4v) is 3.58. The van der Waals surface area contributed by atoms with E-state index < -0.39 is 5.95 Å². The highest BCUT2D eigenvalue weighted by Crippen LogP contribution is 2.15. The first-order chi connectivity index (χ1) is 14.8. The Balaban J connectivity index is 1.73. The Hall–Kier alpha value is -3.48. The molecule has 3 rings (SSSR count). The Bertz CT molecular complexity index is 1030. The fourth-order valence-electron chi connectivity index (χ4n) is 3.58. The van der Waals surface area contributed by atoms with E-state index in [9.17, 15) is 14.0 Å². The number of hydrogen-bond acceptors (Lipinski definition) is 3. The van der Waals surface area contributed by atoms with Gasteiger partial charge in [0.25, 0.3) is 11.8 Å². The molecule has 0 radical (unpaired) electrons. The summed E-state index contributed by atoms with van der Waals surface area (Å²) in [5.41, 5.74) is 2.37. The van der Waals surface area contributed by atoms with E-state index in [0.29, 0.717) is 30.8 Å². The van der Waals surface area contributed by atoms with Gasteiger partial charge in [0.2, 0.25) is 5.95 Å². The van der Waals surface area contributed by atoms with Gasteiger partial charge in [-0.25, -0.2) is 4.98 Å². The molecule has 0 aliphatic carbocycles. The molecule has 1 atom stereocenters. The molecule has 0 bridgehead atoms. The second kappa shape index (κ2) is 10.0. The van der Waals surface area contributed by atoms with Gasteiger partial charge in [-0.2, -0.15) is 4.39 Å². The smallest absolute Gasteiger partial charge is 0.267 e. The average molecular weight is 423 g/mol. The molecule has 1 aromatic carbocycles. The first-order valence-electron chi connectivity index (χ1n) is 10.2. The highest BCUT2D eigenvalue weighted by Gasteiger charge is 2.23. The van der Waals surface area contributed by atoms with Gasteiger partial charge in [0.15, 0.2) is 0 Å². The number of nitrogens with one attached hydrogen (secondary N) is 1. The molecule has 2 heterocycles. The van der Waals surface area contributed by atoms with Crippen LogP contribution in [0.4, 0.5) is 4.39 Å². The third-order valence-electron chi connectivity index (χ3n) is 5.29. The summed E-state index contributed by atoms with van der Waals surface area (Å²) >= 11 is 0. The molecule has 1 N–H and O–H groups in total. The number of benzene rings is 1. The lowest BCUT2D eigenvalue weighted by atomic mass is 10.0. The van der Waals surface area contributed by atoms with E-state index in [1.807, 2.05) is 49.6 Å². The van der Waals surface area contributed by atoms with Crippen LogP contribution < -0.4 is 5.32 Å². The Labute approximate surface area is 181 Å². The molecule has 6 nitrogen and oxygen atoms in total. The van der Waals surface area contributed by atoms with Gasteiger partial charge in [-0.05, 0) is 43.5 Å². The zero-order valence-corrected chi connectivity index (χ0v) is 18.0. The quantitative estimate of drug-likeness (QED) is 0.566. The maximum Gasteiger partial charge on any atom is 0.267 e. The SMILES string of the molecule is Cc1cc(C(=O)N(C)[C@H](CCNC(=O)c2cccn2C)Cc2ccccc2)cc(F)n1. The molecule has 0 spiro atoms. The summed E-state index contributed by atoms with van der Waals surface area (Å²) in [4.78, 5) is 30.8. The van der Waals surface area contributed by atoms with Crippen LogP contribution in [0.5, 0.6) is 0 Å². The van der Waals surface area contributed by atoms with E-state index >= 15 is 0 Å². The second-order valence-electron chi connectivity index (χ2n) is 7.63. The van der Waals surface area contributed by atoms with Crippen LogP contribution in [0, 0.1) is 12.9 Å². The van der Waals surface area contributed by atoms with Gasteiger partial charge in [-0.15, -0.1) is 0 Å². The van der Waals surface area contributed by atoms with Gasteiger partial charge in [-0.3, -0.25) is 9.59 Å². The van der Waals surface area contributed by atoms with E-state index in [2.05, 4.69) is 10.3 Å². The molecule has 7 heteroatoms. The Morgan fingerprint density at radius 3 is 2.55 bits per heavy atom. The van der Waals surface area contributed by atoms with Crippen molar-refractivity contribution >= 4 is 11.8 Å². The third kappa shape index (κ3) is 5.78. The van der Waals surface area contributed by atoms with Crippen molar-refractivity contribution in [2.75, 3.05) is 13.6 Å². The largest absolute Gasteiger partial charge is 0.351 e. The zero-order chi connectivity index (χ0) is 22.4. The molecule has 0 fully saturated rings. The van der Waals surface area contributed by atoms with Crippen molar-refractivity contribution in [3.8, 4) is 0 Å². The first-order valence-corrected chi connectivity index (χ1v) is 10.2. The highest BCUT2D eigenvalue weighted by molar-refractivity contribution is 5.94. The minimum absolute atomic E-state index is 0.160. The van der Waals surface area contributed by atoms with Crippen LogP contribution in [0.15, 0.2) is 60.8 Å². The summed E-state index contributed by atoms with van der Waals surface area (Å²) < 4.78 is 15.5. The van der Waals surface area contributed by atoms with E-state index in [-0.39, 0.29) is 23.4 Å². The fraction of sp³-hybridized carbons (Fsp3) is 0.292. The lowest BCUT2D eigenvalue weighted by Gasteiger charge is -2.29. The predicted molar refractivity (Wildman–Crippen MR) is 117 cm³/mol. The molecule has 2 aromatic heterocycles. The van der Waals surface area contributed by atoms with E-state index in [4.69, 9.17) is 0 Å². The van der Waals surface area contributed by atoms with Crippen molar-refractivity contribution in [2.24, 2.45) is 7.05 Å². The van der Waals surface area contributed by atoms with Crippen molar-refractivity contribution in [1.82, 2.24) is 19.8 Å².